The van der Waals surface area contributed by atoms with Gasteiger partial charge in [-0.15, -0.1) is 0 Å². The molecule has 106 valence electrons. The molecule has 1 aromatic heterocycles. The largest absolute Gasteiger partial charge is 0.377 e. The third-order valence-electron chi connectivity index (χ3n) is 2.92. The van der Waals surface area contributed by atoms with Gasteiger partial charge >= 0.3 is 0 Å². The highest BCUT2D eigenvalue weighted by Gasteiger charge is 2.29. The molecule has 3 rings (SSSR count). The Morgan fingerprint density at radius 1 is 1.30 bits per heavy atom. The second kappa shape index (κ2) is 5.22. The molecule has 20 heavy (non-hydrogen) atoms. The molecule has 2 aromatic rings. The van der Waals surface area contributed by atoms with Gasteiger partial charge in [-0.2, -0.15) is 4.98 Å². The zero-order chi connectivity index (χ0) is 14.0. The summed E-state index contributed by atoms with van der Waals surface area (Å²) in [5.74, 6) is 0.465. The molecule has 0 bridgehead atoms. The normalized spacial score (nSPS) is 15.2. The number of hydrogen-bond acceptors (Lipinski definition) is 6. The SMILES string of the molecule is O=S(=O)(NC1CC1)c1ccccc1NCc1ncon1. The van der Waals surface area contributed by atoms with Gasteiger partial charge < -0.3 is 9.84 Å². The second-order valence-corrected chi connectivity index (χ2v) is 6.28. The number of benzene rings is 1. The molecule has 1 aliphatic rings. The number of sulfonamides is 1. The minimum Gasteiger partial charge on any atom is -0.377 e. The fourth-order valence-corrected chi connectivity index (χ4v) is 3.26. The van der Waals surface area contributed by atoms with E-state index in [0.29, 0.717) is 18.1 Å². The number of nitrogens with zero attached hydrogens (tertiary/aromatic N) is 2. The Balaban J connectivity index is 1.80. The Kier molecular flexibility index (Phi) is 3.41. The molecule has 8 heteroatoms. The van der Waals surface area contributed by atoms with E-state index in [0.717, 1.165) is 12.8 Å². The Morgan fingerprint density at radius 2 is 2.10 bits per heavy atom. The summed E-state index contributed by atoms with van der Waals surface area (Å²) in [5, 5.41) is 6.68. The van der Waals surface area contributed by atoms with Crippen molar-refractivity contribution >= 4 is 15.7 Å². The molecule has 0 unspecified atom stereocenters. The van der Waals surface area contributed by atoms with Gasteiger partial charge in [0.2, 0.25) is 16.4 Å². The van der Waals surface area contributed by atoms with E-state index in [1.165, 1.54) is 6.39 Å². The van der Waals surface area contributed by atoms with Crippen molar-refractivity contribution in [3.05, 3.63) is 36.5 Å². The number of aromatic nitrogens is 2. The first-order valence-corrected chi connectivity index (χ1v) is 7.74. The van der Waals surface area contributed by atoms with Gasteiger partial charge in [0.1, 0.15) is 4.90 Å². The number of para-hydroxylation sites is 1. The summed E-state index contributed by atoms with van der Waals surface area (Å²) in [6.07, 6.45) is 3.03. The second-order valence-electron chi connectivity index (χ2n) is 4.59. The van der Waals surface area contributed by atoms with Crippen LogP contribution in [0.2, 0.25) is 0 Å². The van der Waals surface area contributed by atoms with E-state index >= 15 is 0 Å². The van der Waals surface area contributed by atoms with Crippen molar-refractivity contribution in [2.75, 3.05) is 5.32 Å². The minimum absolute atomic E-state index is 0.0743. The standard InChI is InChI=1S/C12H14N4O3S/c17-20(18,16-9-5-6-9)11-4-2-1-3-10(11)13-7-12-14-8-19-15-12/h1-4,8-9,13,16H,5-7H2. The van der Waals surface area contributed by atoms with E-state index in [2.05, 4.69) is 24.7 Å². The number of anilines is 1. The maximum absolute atomic E-state index is 12.3. The molecule has 1 aromatic carbocycles. The number of nitrogens with one attached hydrogen (secondary N) is 2. The quantitative estimate of drug-likeness (QED) is 0.828. The van der Waals surface area contributed by atoms with E-state index < -0.39 is 10.0 Å². The van der Waals surface area contributed by atoms with Crippen LogP contribution in [0.5, 0.6) is 0 Å². The maximum Gasteiger partial charge on any atom is 0.242 e. The molecule has 0 radical (unpaired) electrons. The molecule has 0 spiro atoms. The van der Waals surface area contributed by atoms with Crippen molar-refractivity contribution in [2.45, 2.75) is 30.3 Å². The van der Waals surface area contributed by atoms with Crippen LogP contribution in [0.4, 0.5) is 5.69 Å². The smallest absolute Gasteiger partial charge is 0.242 e. The van der Waals surface area contributed by atoms with Crippen molar-refractivity contribution in [1.29, 1.82) is 0 Å². The van der Waals surface area contributed by atoms with Gasteiger partial charge in [0.15, 0.2) is 5.82 Å². The van der Waals surface area contributed by atoms with Gasteiger partial charge in [0, 0.05) is 6.04 Å². The Morgan fingerprint density at radius 3 is 2.80 bits per heavy atom. The summed E-state index contributed by atoms with van der Waals surface area (Å²) in [5.41, 5.74) is 0.519. The topological polar surface area (TPSA) is 97.1 Å². The van der Waals surface area contributed by atoms with Crippen molar-refractivity contribution < 1.29 is 12.9 Å². The molecule has 1 aliphatic carbocycles. The number of rotatable bonds is 6. The first kappa shape index (κ1) is 13.1. The van der Waals surface area contributed by atoms with Crippen molar-refractivity contribution in [1.82, 2.24) is 14.9 Å². The molecule has 0 saturated heterocycles. The predicted octanol–water partition coefficient (Wildman–Crippen LogP) is 1.12. The van der Waals surface area contributed by atoms with Crippen LogP contribution in [0, 0.1) is 0 Å². The lowest BCUT2D eigenvalue weighted by atomic mass is 10.3. The lowest BCUT2D eigenvalue weighted by Gasteiger charge is -2.11. The maximum atomic E-state index is 12.3. The lowest BCUT2D eigenvalue weighted by Crippen LogP contribution is -2.26. The highest BCUT2D eigenvalue weighted by Crippen LogP contribution is 2.26. The van der Waals surface area contributed by atoms with Gasteiger partial charge in [0.05, 0.1) is 12.2 Å². The van der Waals surface area contributed by atoms with Crippen LogP contribution >= 0.6 is 0 Å². The van der Waals surface area contributed by atoms with E-state index in [4.69, 9.17) is 0 Å². The first-order chi connectivity index (χ1) is 9.65. The van der Waals surface area contributed by atoms with E-state index in [9.17, 15) is 8.42 Å². The van der Waals surface area contributed by atoms with Gasteiger partial charge in [0.25, 0.3) is 0 Å². The fourth-order valence-electron chi connectivity index (χ4n) is 1.78. The van der Waals surface area contributed by atoms with Crippen LogP contribution in [0.25, 0.3) is 0 Å². The van der Waals surface area contributed by atoms with Gasteiger partial charge in [-0.3, -0.25) is 0 Å². The van der Waals surface area contributed by atoms with Gasteiger partial charge in [-0.25, -0.2) is 13.1 Å². The molecule has 1 saturated carbocycles. The summed E-state index contributed by atoms with van der Waals surface area (Å²) < 4.78 is 31.8. The molecule has 0 aliphatic heterocycles. The van der Waals surface area contributed by atoms with Crippen LogP contribution in [-0.2, 0) is 16.6 Å². The molecule has 0 amide bonds. The third kappa shape index (κ3) is 2.97. The zero-order valence-electron chi connectivity index (χ0n) is 10.6. The Labute approximate surface area is 116 Å². The fraction of sp³-hybridized carbons (Fsp3) is 0.333. The zero-order valence-corrected chi connectivity index (χ0v) is 11.4. The van der Waals surface area contributed by atoms with Crippen molar-refractivity contribution in [3.63, 3.8) is 0 Å². The Bertz CT molecular complexity index is 680. The summed E-state index contributed by atoms with van der Waals surface area (Å²) in [7, 11) is -3.50. The van der Waals surface area contributed by atoms with Crippen molar-refractivity contribution in [3.8, 4) is 0 Å². The van der Waals surface area contributed by atoms with Crippen LogP contribution in [-0.4, -0.2) is 24.6 Å². The predicted molar refractivity (Wildman–Crippen MR) is 71.4 cm³/mol. The van der Waals surface area contributed by atoms with Crippen LogP contribution < -0.4 is 10.0 Å². The van der Waals surface area contributed by atoms with Gasteiger partial charge in [-0.1, -0.05) is 17.3 Å². The summed E-state index contributed by atoms with van der Waals surface area (Å²) in [6, 6.07) is 6.82. The summed E-state index contributed by atoms with van der Waals surface area (Å²) in [6.45, 7) is 0.298. The molecule has 1 fully saturated rings. The van der Waals surface area contributed by atoms with E-state index in [1.807, 2.05) is 0 Å². The Hall–Kier alpha value is -1.93. The molecular weight excluding hydrogens is 280 g/mol. The molecule has 0 atom stereocenters. The minimum atomic E-state index is -3.50. The highest BCUT2D eigenvalue weighted by molar-refractivity contribution is 7.89. The highest BCUT2D eigenvalue weighted by atomic mass is 32.2. The molecular formula is C12H14N4O3S. The average Bonchev–Trinajstić information content (AvgIpc) is 3.07. The van der Waals surface area contributed by atoms with Gasteiger partial charge in [-0.05, 0) is 25.0 Å². The average molecular weight is 294 g/mol. The van der Waals surface area contributed by atoms with Crippen molar-refractivity contribution in [2.24, 2.45) is 0 Å². The molecule has 1 heterocycles. The summed E-state index contributed by atoms with van der Waals surface area (Å²) >= 11 is 0. The third-order valence-corrected chi connectivity index (χ3v) is 4.50. The van der Waals surface area contributed by atoms with Crippen LogP contribution in [0.1, 0.15) is 18.7 Å². The first-order valence-electron chi connectivity index (χ1n) is 6.25. The molecule has 7 nitrogen and oxygen atoms in total. The summed E-state index contributed by atoms with van der Waals surface area (Å²) in [4.78, 5) is 4.11. The van der Waals surface area contributed by atoms with E-state index in [-0.39, 0.29) is 10.9 Å². The number of hydrogen-bond donors (Lipinski definition) is 2. The molecule has 2 N–H and O–H groups in total. The van der Waals surface area contributed by atoms with Crippen LogP contribution in [0.15, 0.2) is 40.1 Å². The van der Waals surface area contributed by atoms with Crippen LogP contribution in [0.3, 0.4) is 0 Å². The van der Waals surface area contributed by atoms with E-state index in [1.54, 1.807) is 24.3 Å². The lowest BCUT2D eigenvalue weighted by molar-refractivity contribution is 0.411. The monoisotopic (exact) mass is 294 g/mol.